The lowest BCUT2D eigenvalue weighted by Crippen LogP contribution is -2.44. The van der Waals surface area contributed by atoms with Crippen LogP contribution in [0.25, 0.3) is 0 Å². The number of nitrogens with zero attached hydrogens (tertiary/aromatic N) is 3. The minimum Gasteiger partial charge on any atom is -0.436 e. The molecule has 142 valence electrons. The Bertz CT molecular complexity index is 968. The zero-order chi connectivity index (χ0) is 19.3. The Balaban J connectivity index is 1.62. The van der Waals surface area contributed by atoms with Gasteiger partial charge in [-0.05, 0) is 28.1 Å². The van der Waals surface area contributed by atoms with Crippen LogP contribution in [0.5, 0.6) is 0 Å². The molecule has 1 aromatic carbocycles. The zero-order valence-corrected chi connectivity index (χ0v) is 16.2. The first-order valence-electron chi connectivity index (χ1n) is 8.04. The lowest BCUT2D eigenvalue weighted by Gasteiger charge is -2.35. The van der Waals surface area contributed by atoms with Gasteiger partial charge in [0.05, 0.1) is 22.8 Å². The third kappa shape index (κ3) is 3.02. The van der Waals surface area contributed by atoms with Crippen LogP contribution < -0.4 is 11.1 Å². The maximum absolute atomic E-state index is 14.7. The summed E-state index contributed by atoms with van der Waals surface area (Å²) in [6.45, 7) is 0.232. The highest BCUT2D eigenvalue weighted by Gasteiger charge is 2.50. The fourth-order valence-electron chi connectivity index (χ4n) is 3.50. The number of fused-ring (bicyclic) bond motifs is 2. The number of aromatic nitrogens is 2. The van der Waals surface area contributed by atoms with Crippen molar-refractivity contribution in [1.82, 2.24) is 14.7 Å². The van der Waals surface area contributed by atoms with E-state index in [-0.39, 0.29) is 36.0 Å². The van der Waals surface area contributed by atoms with Crippen LogP contribution in [0.2, 0.25) is 5.02 Å². The molecule has 0 aliphatic carbocycles. The van der Waals surface area contributed by atoms with Crippen molar-refractivity contribution in [2.24, 2.45) is 0 Å². The first-order valence-corrected chi connectivity index (χ1v) is 9.21. The molecule has 1 saturated heterocycles. The summed E-state index contributed by atoms with van der Waals surface area (Å²) in [4.78, 5) is 26.1. The van der Waals surface area contributed by atoms with E-state index in [1.165, 1.54) is 21.7 Å². The van der Waals surface area contributed by atoms with E-state index in [0.29, 0.717) is 22.7 Å². The summed E-state index contributed by atoms with van der Waals surface area (Å²) in [5, 5.41) is 6.48. The van der Waals surface area contributed by atoms with Crippen LogP contribution in [0.4, 0.5) is 20.7 Å². The van der Waals surface area contributed by atoms with Gasteiger partial charge < -0.3 is 15.4 Å². The summed E-state index contributed by atoms with van der Waals surface area (Å²) in [7, 11) is 0. The molecule has 2 amide bonds. The minimum atomic E-state index is -1.28. The Morgan fingerprint density at radius 2 is 2.30 bits per heavy atom. The second kappa shape index (κ2) is 6.38. The fourth-order valence-corrected chi connectivity index (χ4v) is 4.08. The van der Waals surface area contributed by atoms with Crippen molar-refractivity contribution in [1.29, 1.82) is 0 Å². The lowest BCUT2D eigenvalue weighted by atomic mass is 9.89. The van der Waals surface area contributed by atoms with Crippen molar-refractivity contribution < 1.29 is 18.7 Å². The third-order valence-corrected chi connectivity index (χ3v) is 5.41. The van der Waals surface area contributed by atoms with Gasteiger partial charge in [0.1, 0.15) is 17.0 Å². The Kier molecular flexibility index (Phi) is 4.26. The number of anilines is 2. The summed E-state index contributed by atoms with van der Waals surface area (Å²) in [6.07, 6.45) is -0.437. The molecule has 3 N–H and O–H groups in total. The molecule has 2 aliphatic rings. The molecule has 11 heteroatoms. The number of ether oxygens (including phenoxy) is 1. The predicted molar refractivity (Wildman–Crippen MR) is 98.7 cm³/mol. The largest absolute Gasteiger partial charge is 0.436 e. The first-order chi connectivity index (χ1) is 12.8. The summed E-state index contributed by atoms with van der Waals surface area (Å²) in [6, 6.07) is 4.47. The van der Waals surface area contributed by atoms with E-state index in [9.17, 15) is 14.0 Å². The smallest absolute Gasteiger partial charge is 0.412 e. The zero-order valence-electron chi connectivity index (χ0n) is 13.8. The molecule has 0 radical (unpaired) electrons. The first kappa shape index (κ1) is 18.1. The van der Waals surface area contributed by atoms with E-state index >= 15 is 0 Å². The highest BCUT2D eigenvalue weighted by Crippen LogP contribution is 2.45. The number of nitrogens with two attached hydrogens (primary N) is 1. The van der Waals surface area contributed by atoms with Crippen molar-refractivity contribution in [3.8, 4) is 0 Å². The van der Waals surface area contributed by atoms with Crippen molar-refractivity contribution >= 4 is 51.0 Å². The number of carbonyl (C=O) groups is 2. The van der Waals surface area contributed by atoms with Crippen molar-refractivity contribution in [3.05, 3.63) is 39.2 Å². The van der Waals surface area contributed by atoms with Crippen molar-refractivity contribution in [2.75, 3.05) is 24.1 Å². The second-order valence-corrected chi connectivity index (χ2v) is 7.63. The average molecular weight is 459 g/mol. The standard InChI is InChI=1S/C16H14BrClFN5O3/c17-10-5-11(20)24(22-10)6-12(25)23-4-3-16(7-23)13-9(21-15(26)27-16)2-1-8(18)14(13)19/h1-2,5H,3-4,6-7,20H2,(H,21,26)/t16-/m0/s1. The van der Waals surface area contributed by atoms with E-state index < -0.39 is 17.5 Å². The van der Waals surface area contributed by atoms with Crippen molar-refractivity contribution in [3.63, 3.8) is 0 Å². The molecule has 1 aromatic heterocycles. The number of halogens is 3. The maximum atomic E-state index is 14.7. The molecule has 1 fully saturated rings. The molecular formula is C16H14BrClFN5O3. The number of nitrogens with one attached hydrogen (secondary N) is 1. The molecule has 0 bridgehead atoms. The quantitative estimate of drug-likeness (QED) is 0.720. The summed E-state index contributed by atoms with van der Waals surface area (Å²) in [5.74, 6) is -0.600. The molecule has 2 aliphatic heterocycles. The lowest BCUT2D eigenvalue weighted by molar-refractivity contribution is -0.132. The Morgan fingerprint density at radius 1 is 1.52 bits per heavy atom. The second-order valence-electron chi connectivity index (χ2n) is 6.41. The van der Waals surface area contributed by atoms with Crippen LogP contribution in [0, 0.1) is 5.82 Å². The van der Waals surface area contributed by atoms with Gasteiger partial charge in [-0.2, -0.15) is 5.10 Å². The van der Waals surface area contributed by atoms with Gasteiger partial charge in [0.2, 0.25) is 5.91 Å². The molecule has 8 nitrogen and oxygen atoms in total. The van der Waals surface area contributed by atoms with E-state index in [1.807, 2.05) is 0 Å². The van der Waals surface area contributed by atoms with Crippen LogP contribution in [-0.2, 0) is 21.7 Å². The normalized spacial score (nSPS) is 21.1. The van der Waals surface area contributed by atoms with Gasteiger partial charge in [0, 0.05) is 19.0 Å². The maximum Gasteiger partial charge on any atom is 0.412 e. The summed E-state index contributed by atoms with van der Waals surface area (Å²) >= 11 is 9.11. The molecule has 3 heterocycles. The van der Waals surface area contributed by atoms with E-state index in [0.717, 1.165) is 0 Å². The van der Waals surface area contributed by atoms with Gasteiger partial charge in [0.25, 0.3) is 0 Å². The molecular weight excluding hydrogens is 445 g/mol. The molecule has 1 atom stereocenters. The number of likely N-dealkylation sites (tertiary alicyclic amines) is 1. The van der Waals surface area contributed by atoms with Gasteiger partial charge in [-0.1, -0.05) is 11.6 Å². The Morgan fingerprint density at radius 3 is 3.00 bits per heavy atom. The van der Waals surface area contributed by atoms with Gasteiger partial charge in [-0.15, -0.1) is 0 Å². The topological polar surface area (TPSA) is 102 Å². The van der Waals surface area contributed by atoms with Crippen LogP contribution in [0.1, 0.15) is 12.0 Å². The van der Waals surface area contributed by atoms with E-state index in [4.69, 9.17) is 22.1 Å². The van der Waals surface area contributed by atoms with Crippen molar-refractivity contribution in [2.45, 2.75) is 18.6 Å². The van der Waals surface area contributed by atoms with Crippen LogP contribution >= 0.6 is 27.5 Å². The Hall–Kier alpha value is -2.33. The van der Waals surface area contributed by atoms with Gasteiger partial charge in [-0.25, -0.2) is 13.9 Å². The molecule has 1 spiro atoms. The number of rotatable bonds is 2. The fraction of sp³-hybridized carbons (Fsp3) is 0.312. The number of benzene rings is 1. The molecule has 27 heavy (non-hydrogen) atoms. The highest BCUT2D eigenvalue weighted by atomic mass is 79.9. The van der Waals surface area contributed by atoms with Gasteiger partial charge in [0.15, 0.2) is 11.4 Å². The molecule has 0 unspecified atom stereocenters. The molecule has 4 rings (SSSR count). The van der Waals surface area contributed by atoms with Crippen LogP contribution in [0.15, 0.2) is 22.8 Å². The number of nitrogen functional groups attached to an aromatic ring is 1. The van der Waals surface area contributed by atoms with Crippen LogP contribution in [-0.4, -0.2) is 39.8 Å². The monoisotopic (exact) mass is 457 g/mol. The predicted octanol–water partition coefficient (Wildman–Crippen LogP) is 2.71. The van der Waals surface area contributed by atoms with E-state index in [2.05, 4.69) is 26.3 Å². The SMILES string of the molecule is Nc1cc(Br)nn1CC(=O)N1CC[C@@]2(C1)OC(=O)Nc1ccc(Cl)c(F)c12. The molecule has 0 saturated carbocycles. The average Bonchev–Trinajstić information content (AvgIpc) is 3.14. The number of hydrogen-bond donors (Lipinski definition) is 2. The van der Waals surface area contributed by atoms with Gasteiger partial charge in [-0.3, -0.25) is 10.1 Å². The molecule has 2 aromatic rings. The van der Waals surface area contributed by atoms with Gasteiger partial charge >= 0.3 is 6.09 Å². The number of hydrogen-bond acceptors (Lipinski definition) is 5. The summed E-state index contributed by atoms with van der Waals surface area (Å²) < 4.78 is 22.1. The minimum absolute atomic E-state index is 0.0197. The third-order valence-electron chi connectivity index (χ3n) is 4.73. The summed E-state index contributed by atoms with van der Waals surface area (Å²) in [5.41, 5.74) is 4.97. The van der Waals surface area contributed by atoms with Crippen LogP contribution in [0.3, 0.4) is 0 Å². The number of carbonyl (C=O) groups excluding carboxylic acids is 2. The van der Waals surface area contributed by atoms with E-state index in [1.54, 1.807) is 6.07 Å². The highest BCUT2D eigenvalue weighted by molar-refractivity contribution is 9.10. The number of amides is 2. The Labute approximate surface area is 166 Å².